The zero-order chi connectivity index (χ0) is 15.5. The number of rotatable bonds is 5. The zero-order valence-corrected chi connectivity index (χ0v) is 14.1. The molecule has 1 heterocycles. The summed E-state index contributed by atoms with van der Waals surface area (Å²) >= 11 is 6.03. The Bertz CT molecular complexity index is 567. The highest BCUT2D eigenvalue weighted by Crippen LogP contribution is 2.19. The number of halogens is 1. The Morgan fingerprint density at radius 2 is 1.90 bits per heavy atom. The Morgan fingerprint density at radius 1 is 1.29 bits per heavy atom. The monoisotopic (exact) mass is 330 g/mol. The molecule has 0 amide bonds. The van der Waals surface area contributed by atoms with Gasteiger partial charge in [-0.15, -0.1) is 0 Å². The lowest BCUT2D eigenvalue weighted by Crippen LogP contribution is -2.46. The third-order valence-corrected chi connectivity index (χ3v) is 5.66. The zero-order valence-electron chi connectivity index (χ0n) is 12.5. The maximum atomic E-state index is 12.3. The Labute approximate surface area is 132 Å². The molecule has 1 aliphatic heterocycles. The first-order chi connectivity index (χ1) is 9.87. The van der Waals surface area contributed by atoms with E-state index in [1.54, 1.807) is 24.3 Å². The van der Waals surface area contributed by atoms with E-state index in [1.165, 1.54) is 0 Å². The van der Waals surface area contributed by atoms with Crippen LogP contribution in [0.5, 0.6) is 0 Å². The summed E-state index contributed by atoms with van der Waals surface area (Å²) in [6.07, 6.45) is 1.72. The summed E-state index contributed by atoms with van der Waals surface area (Å²) < 4.78 is 27.3. The molecule has 0 spiro atoms. The lowest BCUT2D eigenvalue weighted by Gasteiger charge is -2.34. The van der Waals surface area contributed by atoms with Gasteiger partial charge in [-0.1, -0.05) is 29.8 Å². The van der Waals surface area contributed by atoms with Crippen LogP contribution in [0, 0.1) is 0 Å². The van der Waals surface area contributed by atoms with Gasteiger partial charge < -0.3 is 4.90 Å². The van der Waals surface area contributed by atoms with E-state index in [-0.39, 0.29) is 11.8 Å². The highest BCUT2D eigenvalue weighted by Gasteiger charge is 2.25. The Morgan fingerprint density at radius 3 is 2.48 bits per heavy atom. The van der Waals surface area contributed by atoms with Gasteiger partial charge in [0.2, 0.25) is 10.0 Å². The molecule has 2 rings (SSSR count). The maximum Gasteiger partial charge on any atom is 0.216 e. The van der Waals surface area contributed by atoms with Gasteiger partial charge in [-0.3, -0.25) is 0 Å². The smallest absolute Gasteiger partial charge is 0.216 e. The summed E-state index contributed by atoms with van der Waals surface area (Å²) in [7, 11) is -3.35. The molecule has 0 aliphatic carbocycles. The van der Waals surface area contributed by atoms with E-state index >= 15 is 0 Å². The average molecular weight is 331 g/mol. The fourth-order valence-corrected chi connectivity index (χ4v) is 4.42. The molecule has 0 atom stereocenters. The number of piperidine rings is 1. The van der Waals surface area contributed by atoms with Gasteiger partial charge in [0.1, 0.15) is 0 Å². The Balaban J connectivity index is 1.92. The number of benzene rings is 1. The summed E-state index contributed by atoms with van der Waals surface area (Å²) in [5, 5.41) is 0.498. The van der Waals surface area contributed by atoms with Gasteiger partial charge in [0.15, 0.2) is 0 Å². The Hall–Kier alpha value is -0.620. The van der Waals surface area contributed by atoms with Crippen LogP contribution in [0.4, 0.5) is 0 Å². The number of hydrogen-bond donors (Lipinski definition) is 1. The molecule has 6 heteroatoms. The van der Waals surface area contributed by atoms with Crippen molar-refractivity contribution in [2.75, 3.05) is 13.1 Å². The molecule has 1 saturated heterocycles. The van der Waals surface area contributed by atoms with Crippen LogP contribution in [0.1, 0.15) is 32.3 Å². The van der Waals surface area contributed by atoms with Crippen LogP contribution >= 0.6 is 11.6 Å². The summed E-state index contributed by atoms with van der Waals surface area (Å²) in [5.41, 5.74) is 0.645. The number of nitrogens with one attached hydrogen (secondary N) is 1. The van der Waals surface area contributed by atoms with Crippen LogP contribution in [0.15, 0.2) is 24.3 Å². The highest BCUT2D eigenvalue weighted by molar-refractivity contribution is 7.88. The number of hydrogen-bond acceptors (Lipinski definition) is 3. The topological polar surface area (TPSA) is 49.4 Å². The first-order valence-corrected chi connectivity index (χ1v) is 9.38. The average Bonchev–Trinajstić information content (AvgIpc) is 2.41. The Kier molecular flexibility index (Phi) is 5.66. The first kappa shape index (κ1) is 16.7. The standard InChI is InChI=1S/C15H23ClN2O2S/c1-12(2)18-9-7-14(8-10-18)17-21(19,20)11-13-5-3-4-6-15(13)16/h3-6,12,14,17H,7-11H2,1-2H3. The van der Waals surface area contributed by atoms with Crippen molar-refractivity contribution in [2.45, 2.75) is 44.5 Å². The van der Waals surface area contributed by atoms with Crippen LogP contribution in [0.3, 0.4) is 0 Å². The molecular formula is C15H23ClN2O2S. The molecule has 21 heavy (non-hydrogen) atoms. The minimum atomic E-state index is -3.35. The fraction of sp³-hybridized carbons (Fsp3) is 0.600. The van der Waals surface area contributed by atoms with Gasteiger partial charge in [-0.05, 0) is 51.4 Å². The third-order valence-electron chi connectivity index (χ3n) is 3.91. The van der Waals surface area contributed by atoms with E-state index in [9.17, 15) is 8.42 Å². The SMILES string of the molecule is CC(C)N1CCC(NS(=O)(=O)Cc2ccccc2Cl)CC1. The van der Waals surface area contributed by atoms with Gasteiger partial charge in [-0.2, -0.15) is 0 Å². The van der Waals surface area contributed by atoms with Gasteiger partial charge in [0, 0.05) is 17.1 Å². The molecule has 4 nitrogen and oxygen atoms in total. The number of likely N-dealkylation sites (tertiary alicyclic amines) is 1. The molecule has 1 aromatic rings. The lowest BCUT2D eigenvalue weighted by molar-refractivity contribution is 0.168. The number of nitrogens with zero attached hydrogens (tertiary/aromatic N) is 1. The van der Waals surface area contributed by atoms with E-state index in [0.717, 1.165) is 25.9 Å². The molecule has 1 N–H and O–H groups in total. The molecular weight excluding hydrogens is 308 g/mol. The molecule has 1 aliphatic rings. The van der Waals surface area contributed by atoms with Crippen molar-refractivity contribution in [2.24, 2.45) is 0 Å². The second-order valence-corrected chi connectivity index (χ2v) is 8.03. The molecule has 0 saturated carbocycles. The van der Waals surface area contributed by atoms with E-state index < -0.39 is 10.0 Å². The summed E-state index contributed by atoms with van der Waals surface area (Å²) in [6.45, 7) is 6.22. The minimum Gasteiger partial charge on any atom is -0.301 e. The van der Waals surface area contributed by atoms with Gasteiger partial charge >= 0.3 is 0 Å². The summed E-state index contributed by atoms with van der Waals surface area (Å²) in [4.78, 5) is 2.37. The van der Waals surface area contributed by atoms with Crippen LogP contribution < -0.4 is 4.72 Å². The largest absolute Gasteiger partial charge is 0.301 e. The van der Waals surface area contributed by atoms with E-state index in [2.05, 4.69) is 23.5 Å². The van der Waals surface area contributed by atoms with Crippen LogP contribution in [-0.2, 0) is 15.8 Å². The lowest BCUT2D eigenvalue weighted by atomic mass is 10.1. The first-order valence-electron chi connectivity index (χ1n) is 7.35. The van der Waals surface area contributed by atoms with Crippen molar-refractivity contribution < 1.29 is 8.42 Å². The predicted molar refractivity (Wildman–Crippen MR) is 86.9 cm³/mol. The second kappa shape index (κ2) is 7.09. The maximum absolute atomic E-state index is 12.3. The van der Waals surface area contributed by atoms with Crippen molar-refractivity contribution >= 4 is 21.6 Å². The van der Waals surface area contributed by atoms with Crippen LogP contribution in [-0.4, -0.2) is 38.5 Å². The van der Waals surface area contributed by atoms with E-state index in [1.807, 2.05) is 0 Å². The van der Waals surface area contributed by atoms with Gasteiger partial charge in [-0.25, -0.2) is 13.1 Å². The van der Waals surface area contributed by atoms with Crippen molar-refractivity contribution in [1.29, 1.82) is 0 Å². The molecule has 0 bridgehead atoms. The van der Waals surface area contributed by atoms with Gasteiger partial charge in [0.05, 0.1) is 5.75 Å². The molecule has 0 aromatic heterocycles. The predicted octanol–water partition coefficient (Wildman–Crippen LogP) is 2.63. The van der Waals surface area contributed by atoms with Crippen molar-refractivity contribution in [3.8, 4) is 0 Å². The van der Waals surface area contributed by atoms with Crippen LogP contribution in [0.25, 0.3) is 0 Å². The third kappa shape index (κ3) is 4.95. The van der Waals surface area contributed by atoms with E-state index in [0.29, 0.717) is 16.6 Å². The number of sulfonamides is 1. The highest BCUT2D eigenvalue weighted by atomic mass is 35.5. The second-order valence-electron chi connectivity index (χ2n) is 5.87. The molecule has 0 radical (unpaired) electrons. The molecule has 118 valence electrons. The molecule has 1 fully saturated rings. The van der Waals surface area contributed by atoms with Crippen molar-refractivity contribution in [3.05, 3.63) is 34.9 Å². The summed E-state index contributed by atoms with van der Waals surface area (Å²) in [6, 6.07) is 7.63. The van der Waals surface area contributed by atoms with Crippen LogP contribution in [0.2, 0.25) is 5.02 Å². The van der Waals surface area contributed by atoms with Crippen molar-refractivity contribution in [3.63, 3.8) is 0 Å². The van der Waals surface area contributed by atoms with Crippen molar-refractivity contribution in [1.82, 2.24) is 9.62 Å². The molecule has 1 aromatic carbocycles. The van der Waals surface area contributed by atoms with E-state index in [4.69, 9.17) is 11.6 Å². The van der Waals surface area contributed by atoms with Gasteiger partial charge in [0.25, 0.3) is 0 Å². The molecule has 0 unspecified atom stereocenters. The quantitative estimate of drug-likeness (QED) is 0.903. The summed E-state index contributed by atoms with van der Waals surface area (Å²) in [5.74, 6) is -0.0585. The normalized spacial score (nSPS) is 18.3. The minimum absolute atomic E-state index is 0.0347. The fourth-order valence-electron chi connectivity index (χ4n) is 2.65.